The molecule has 2 heterocycles. The molecule has 2 unspecified atom stereocenters. The number of halogens is 1. The lowest BCUT2D eigenvalue weighted by Crippen LogP contribution is -2.35. The van der Waals surface area contributed by atoms with Gasteiger partial charge in [0.05, 0.1) is 41.4 Å². The molecule has 1 fully saturated rings. The minimum absolute atomic E-state index is 0.136. The zero-order valence-corrected chi connectivity index (χ0v) is 17.8. The molecule has 1 aliphatic heterocycles. The van der Waals surface area contributed by atoms with Gasteiger partial charge in [-0.25, -0.2) is 9.97 Å². The van der Waals surface area contributed by atoms with Gasteiger partial charge in [0.1, 0.15) is 11.6 Å². The fourth-order valence-electron chi connectivity index (χ4n) is 3.51. The van der Waals surface area contributed by atoms with E-state index >= 15 is 0 Å². The van der Waals surface area contributed by atoms with E-state index in [1.165, 1.54) is 0 Å². The first kappa shape index (κ1) is 20.8. The molecule has 0 saturated carbocycles. The summed E-state index contributed by atoms with van der Waals surface area (Å²) < 4.78 is 11.1. The minimum Gasteiger partial charge on any atom is -0.497 e. The average molecular weight is 405 g/mol. The van der Waals surface area contributed by atoms with E-state index < -0.39 is 0 Å². The van der Waals surface area contributed by atoms with E-state index in [1.54, 1.807) is 7.11 Å². The van der Waals surface area contributed by atoms with Gasteiger partial charge in [0.2, 0.25) is 0 Å². The van der Waals surface area contributed by atoms with Gasteiger partial charge in [-0.15, -0.1) is 0 Å². The minimum atomic E-state index is 0.136. The van der Waals surface area contributed by atoms with Crippen LogP contribution in [0.4, 0.5) is 5.82 Å². The molecule has 3 rings (SSSR count). The molecule has 0 spiro atoms. The Labute approximate surface area is 172 Å². The fraction of sp³-hybridized carbons (Fsp3) is 0.524. The van der Waals surface area contributed by atoms with Crippen LogP contribution in [-0.4, -0.2) is 48.9 Å². The number of aryl methyl sites for hydroxylation is 2. The van der Waals surface area contributed by atoms with Crippen LogP contribution in [0.2, 0.25) is 5.02 Å². The average Bonchev–Trinajstić information content (AvgIpc) is 3.14. The zero-order chi connectivity index (χ0) is 20.1. The Hall–Kier alpha value is -1.89. The number of methoxy groups -OCH3 is 1. The number of nitrogens with one attached hydrogen (secondary N) is 2. The summed E-state index contributed by atoms with van der Waals surface area (Å²) in [5.74, 6) is 1.57. The van der Waals surface area contributed by atoms with Gasteiger partial charge in [-0.05, 0) is 38.0 Å². The molecule has 0 amide bonds. The lowest BCUT2D eigenvalue weighted by atomic mass is 10.1. The van der Waals surface area contributed by atoms with Crippen molar-refractivity contribution in [2.75, 3.05) is 32.1 Å². The zero-order valence-electron chi connectivity index (χ0n) is 17.0. The Morgan fingerprint density at radius 1 is 1.14 bits per heavy atom. The van der Waals surface area contributed by atoms with E-state index in [9.17, 15) is 0 Å². The highest BCUT2D eigenvalue weighted by molar-refractivity contribution is 6.33. The fourth-order valence-corrected chi connectivity index (χ4v) is 3.77. The van der Waals surface area contributed by atoms with Crippen LogP contribution in [0.5, 0.6) is 5.75 Å². The molecule has 6 nitrogen and oxygen atoms in total. The number of aromatic nitrogens is 2. The van der Waals surface area contributed by atoms with Gasteiger partial charge in [-0.2, -0.15) is 0 Å². The van der Waals surface area contributed by atoms with Crippen molar-refractivity contribution >= 4 is 17.4 Å². The molecule has 152 valence electrons. The van der Waals surface area contributed by atoms with E-state index in [1.807, 2.05) is 25.1 Å². The first-order valence-corrected chi connectivity index (χ1v) is 10.3. The number of hydrogen-bond donors (Lipinski definition) is 2. The lowest BCUT2D eigenvalue weighted by molar-refractivity contribution is 0.0709. The van der Waals surface area contributed by atoms with Crippen LogP contribution in [0.1, 0.15) is 32.2 Å². The lowest BCUT2D eigenvalue weighted by Gasteiger charge is -2.22. The van der Waals surface area contributed by atoms with Crippen molar-refractivity contribution in [2.24, 2.45) is 0 Å². The third-order valence-corrected chi connectivity index (χ3v) is 5.32. The molecule has 28 heavy (non-hydrogen) atoms. The van der Waals surface area contributed by atoms with Crippen molar-refractivity contribution in [3.63, 3.8) is 0 Å². The Kier molecular flexibility index (Phi) is 7.10. The highest BCUT2D eigenvalue weighted by Crippen LogP contribution is 2.33. The maximum Gasteiger partial charge on any atom is 0.148 e. The molecule has 0 radical (unpaired) electrons. The van der Waals surface area contributed by atoms with Crippen LogP contribution in [0.25, 0.3) is 11.3 Å². The molecule has 2 atom stereocenters. The Morgan fingerprint density at radius 3 is 2.57 bits per heavy atom. The van der Waals surface area contributed by atoms with Gasteiger partial charge in [-0.1, -0.05) is 25.4 Å². The van der Waals surface area contributed by atoms with Crippen molar-refractivity contribution in [2.45, 2.75) is 45.8 Å². The smallest absolute Gasteiger partial charge is 0.148 e. The Morgan fingerprint density at radius 2 is 1.93 bits per heavy atom. The van der Waals surface area contributed by atoms with E-state index in [2.05, 4.69) is 24.5 Å². The normalized spacial score (nSPS) is 19.0. The molecular formula is C21H29ClN4O2. The summed E-state index contributed by atoms with van der Waals surface area (Å²) in [6.07, 6.45) is 1.68. The molecule has 1 aromatic heterocycles. The first-order valence-electron chi connectivity index (χ1n) is 9.93. The van der Waals surface area contributed by atoms with Crippen molar-refractivity contribution in [1.29, 1.82) is 0 Å². The van der Waals surface area contributed by atoms with Crippen LogP contribution in [0, 0.1) is 0 Å². The van der Waals surface area contributed by atoms with Gasteiger partial charge in [0.15, 0.2) is 0 Å². The third kappa shape index (κ3) is 4.40. The summed E-state index contributed by atoms with van der Waals surface area (Å²) in [6, 6.07) is 5.84. The second kappa shape index (κ2) is 9.54. The summed E-state index contributed by atoms with van der Waals surface area (Å²) in [6.45, 7) is 8.60. The number of benzene rings is 1. The monoisotopic (exact) mass is 404 g/mol. The van der Waals surface area contributed by atoms with Crippen molar-refractivity contribution in [3.05, 3.63) is 34.6 Å². The number of anilines is 1. The van der Waals surface area contributed by atoms with Crippen LogP contribution < -0.4 is 15.4 Å². The Bertz CT molecular complexity index is 815. The number of ether oxygens (including phenoxy) is 2. The second-order valence-corrected chi connectivity index (χ2v) is 7.18. The van der Waals surface area contributed by atoms with Gasteiger partial charge in [0.25, 0.3) is 0 Å². The highest BCUT2D eigenvalue weighted by atomic mass is 35.5. The number of rotatable bonds is 8. The highest BCUT2D eigenvalue weighted by Gasteiger charge is 2.29. The van der Waals surface area contributed by atoms with Crippen LogP contribution in [0.3, 0.4) is 0 Å². The van der Waals surface area contributed by atoms with E-state index in [4.69, 9.17) is 31.0 Å². The number of hydrogen-bond acceptors (Lipinski definition) is 6. The van der Waals surface area contributed by atoms with Gasteiger partial charge < -0.3 is 20.1 Å². The predicted molar refractivity (Wildman–Crippen MR) is 113 cm³/mol. The first-order chi connectivity index (χ1) is 13.6. The molecule has 0 bridgehead atoms. The second-order valence-electron chi connectivity index (χ2n) is 6.77. The van der Waals surface area contributed by atoms with E-state index in [-0.39, 0.29) is 12.1 Å². The van der Waals surface area contributed by atoms with Gasteiger partial charge in [-0.3, -0.25) is 0 Å². The van der Waals surface area contributed by atoms with Crippen molar-refractivity contribution in [3.8, 4) is 17.0 Å². The standard InChI is InChI=1S/C21H29ClN4O2/c1-5-16-20(14-9-8-13(27-4)10-15(14)22)24-17(6-2)21(25-16)26-18-11-23-12-19(18)28-7-3/h8-10,18-19,23H,5-7,11-12H2,1-4H3,(H,25,26). The van der Waals surface area contributed by atoms with Crippen molar-refractivity contribution in [1.82, 2.24) is 15.3 Å². The molecule has 1 saturated heterocycles. The van der Waals surface area contributed by atoms with E-state index in [0.29, 0.717) is 11.6 Å². The topological polar surface area (TPSA) is 68.3 Å². The summed E-state index contributed by atoms with van der Waals surface area (Å²) in [5, 5.41) is 7.56. The largest absolute Gasteiger partial charge is 0.497 e. The Balaban J connectivity index is 1.96. The molecule has 1 aliphatic rings. The van der Waals surface area contributed by atoms with Crippen LogP contribution >= 0.6 is 11.6 Å². The van der Waals surface area contributed by atoms with Crippen LogP contribution in [0.15, 0.2) is 18.2 Å². The van der Waals surface area contributed by atoms with Crippen LogP contribution in [-0.2, 0) is 17.6 Å². The SMILES string of the molecule is CCOC1CNCC1Nc1nc(CC)c(-c2ccc(OC)cc2Cl)nc1CC. The maximum atomic E-state index is 6.51. The van der Waals surface area contributed by atoms with Gasteiger partial charge >= 0.3 is 0 Å². The molecule has 7 heteroatoms. The quantitative estimate of drug-likeness (QED) is 0.698. The van der Waals surface area contributed by atoms with Gasteiger partial charge in [0, 0.05) is 25.3 Å². The maximum absolute atomic E-state index is 6.51. The summed E-state index contributed by atoms with van der Waals surface area (Å²) in [4.78, 5) is 9.88. The molecule has 2 N–H and O–H groups in total. The summed E-state index contributed by atoms with van der Waals surface area (Å²) in [7, 11) is 1.63. The van der Waals surface area contributed by atoms with E-state index in [0.717, 1.165) is 60.1 Å². The molecule has 2 aromatic rings. The molecular weight excluding hydrogens is 376 g/mol. The third-order valence-electron chi connectivity index (χ3n) is 5.00. The van der Waals surface area contributed by atoms with Crippen molar-refractivity contribution < 1.29 is 9.47 Å². The molecule has 1 aromatic carbocycles. The predicted octanol–water partition coefficient (Wildman–Crippen LogP) is 3.72. The summed E-state index contributed by atoms with van der Waals surface area (Å²) in [5.41, 5.74) is 3.57. The summed E-state index contributed by atoms with van der Waals surface area (Å²) >= 11 is 6.51. The molecule has 0 aliphatic carbocycles. The number of nitrogens with zero attached hydrogens (tertiary/aromatic N) is 2.